The van der Waals surface area contributed by atoms with Crippen molar-refractivity contribution in [3.63, 3.8) is 0 Å². The molecule has 25 heavy (non-hydrogen) atoms. The van der Waals surface area contributed by atoms with Gasteiger partial charge < -0.3 is 11.1 Å². The second-order valence-electron chi connectivity index (χ2n) is 6.11. The number of piperidine rings is 1. The van der Waals surface area contributed by atoms with Gasteiger partial charge in [-0.15, -0.1) is 0 Å². The number of pyridine rings is 1. The molecule has 3 rings (SSSR count). The van der Waals surface area contributed by atoms with Crippen LogP contribution < -0.4 is 11.1 Å². The van der Waals surface area contributed by atoms with Crippen molar-refractivity contribution in [2.45, 2.75) is 17.7 Å². The van der Waals surface area contributed by atoms with Crippen LogP contribution in [0.2, 0.25) is 0 Å². The molecule has 2 heterocycles. The van der Waals surface area contributed by atoms with Gasteiger partial charge in [0.15, 0.2) is 0 Å². The highest BCUT2D eigenvalue weighted by molar-refractivity contribution is 7.89. The van der Waals surface area contributed by atoms with Gasteiger partial charge in [0.2, 0.25) is 15.9 Å². The number of sulfonamides is 1. The number of aromatic nitrogens is 1. The molecular formula is C17H22N4O3S. The van der Waals surface area contributed by atoms with Gasteiger partial charge >= 0.3 is 0 Å². The summed E-state index contributed by atoms with van der Waals surface area (Å²) in [4.78, 5) is 16.6. The van der Waals surface area contributed by atoms with E-state index in [4.69, 9.17) is 5.73 Å². The number of nitrogens with two attached hydrogens (primary N) is 1. The number of hydrogen-bond donors (Lipinski definition) is 2. The lowest BCUT2D eigenvalue weighted by molar-refractivity contribution is -0.126. The number of rotatable bonds is 5. The smallest absolute Gasteiger partial charge is 0.245 e. The summed E-state index contributed by atoms with van der Waals surface area (Å²) in [5.74, 6) is -0.487. The molecule has 0 aliphatic carbocycles. The lowest BCUT2D eigenvalue weighted by Gasteiger charge is -2.31. The van der Waals surface area contributed by atoms with Gasteiger partial charge in [0, 0.05) is 37.8 Å². The Labute approximate surface area is 147 Å². The van der Waals surface area contributed by atoms with Crippen molar-refractivity contribution in [1.82, 2.24) is 14.6 Å². The van der Waals surface area contributed by atoms with Crippen molar-refractivity contribution in [3.8, 4) is 0 Å². The molecule has 134 valence electrons. The SMILES string of the molecule is NCCNC(=O)C1CCCN(S(=O)(=O)c2cccc3cccnc23)C1. The Bertz CT molecular complexity index is 864. The lowest BCUT2D eigenvalue weighted by atomic mass is 9.99. The predicted molar refractivity (Wildman–Crippen MR) is 95.3 cm³/mol. The minimum atomic E-state index is -3.71. The molecule has 0 spiro atoms. The van der Waals surface area contributed by atoms with Crippen LogP contribution in [0.5, 0.6) is 0 Å². The van der Waals surface area contributed by atoms with E-state index in [1.54, 1.807) is 24.4 Å². The fourth-order valence-electron chi connectivity index (χ4n) is 3.14. The van der Waals surface area contributed by atoms with E-state index in [0.29, 0.717) is 38.0 Å². The number of carbonyl (C=O) groups is 1. The Morgan fingerprint density at radius 2 is 2.12 bits per heavy atom. The number of fused-ring (bicyclic) bond motifs is 1. The van der Waals surface area contributed by atoms with E-state index < -0.39 is 10.0 Å². The van der Waals surface area contributed by atoms with Gasteiger partial charge in [0.1, 0.15) is 4.90 Å². The first-order valence-corrected chi connectivity index (χ1v) is 9.79. The van der Waals surface area contributed by atoms with Gasteiger partial charge in [-0.25, -0.2) is 8.42 Å². The summed E-state index contributed by atoms with van der Waals surface area (Å²) < 4.78 is 27.6. The third-order valence-corrected chi connectivity index (χ3v) is 6.31. The largest absolute Gasteiger partial charge is 0.355 e. The first-order valence-electron chi connectivity index (χ1n) is 8.35. The van der Waals surface area contributed by atoms with E-state index in [2.05, 4.69) is 10.3 Å². The van der Waals surface area contributed by atoms with Crippen LogP contribution in [0.25, 0.3) is 10.9 Å². The van der Waals surface area contributed by atoms with Gasteiger partial charge in [0.05, 0.1) is 11.4 Å². The molecule has 8 heteroatoms. The van der Waals surface area contributed by atoms with Crippen LogP contribution in [-0.2, 0) is 14.8 Å². The first-order chi connectivity index (χ1) is 12.0. The maximum Gasteiger partial charge on any atom is 0.245 e. The molecule has 0 radical (unpaired) electrons. The highest BCUT2D eigenvalue weighted by Crippen LogP contribution is 2.27. The van der Waals surface area contributed by atoms with E-state index in [1.165, 1.54) is 4.31 Å². The average molecular weight is 362 g/mol. The zero-order valence-corrected chi connectivity index (χ0v) is 14.7. The fourth-order valence-corrected chi connectivity index (χ4v) is 4.83. The first kappa shape index (κ1) is 17.8. The molecule has 1 atom stereocenters. The molecule has 7 nitrogen and oxygen atoms in total. The zero-order valence-electron chi connectivity index (χ0n) is 13.9. The number of benzene rings is 1. The summed E-state index contributed by atoms with van der Waals surface area (Å²) in [6, 6.07) is 8.73. The van der Waals surface area contributed by atoms with Gasteiger partial charge in [-0.2, -0.15) is 4.31 Å². The van der Waals surface area contributed by atoms with Gasteiger partial charge in [0.25, 0.3) is 0 Å². The third kappa shape index (κ3) is 3.65. The van der Waals surface area contributed by atoms with Crippen molar-refractivity contribution in [3.05, 3.63) is 36.5 Å². The van der Waals surface area contributed by atoms with Crippen molar-refractivity contribution in [2.24, 2.45) is 11.7 Å². The Morgan fingerprint density at radius 3 is 2.92 bits per heavy atom. The predicted octanol–water partition coefficient (Wildman–Crippen LogP) is 0.710. The highest BCUT2D eigenvalue weighted by atomic mass is 32.2. The zero-order chi connectivity index (χ0) is 17.9. The summed E-state index contributed by atoms with van der Waals surface area (Å²) in [6.07, 6.45) is 2.91. The molecule has 1 saturated heterocycles. The van der Waals surface area contributed by atoms with Crippen molar-refractivity contribution < 1.29 is 13.2 Å². The van der Waals surface area contributed by atoms with Crippen molar-refractivity contribution in [2.75, 3.05) is 26.2 Å². The number of hydrogen-bond acceptors (Lipinski definition) is 5. The fraction of sp³-hybridized carbons (Fsp3) is 0.412. The van der Waals surface area contributed by atoms with E-state index in [0.717, 1.165) is 5.39 Å². The second-order valence-corrected chi connectivity index (χ2v) is 8.02. The molecule has 1 aromatic carbocycles. The highest BCUT2D eigenvalue weighted by Gasteiger charge is 2.34. The number of carbonyl (C=O) groups excluding carboxylic acids is 1. The number of amides is 1. The lowest BCUT2D eigenvalue weighted by Crippen LogP contribution is -2.46. The third-order valence-electron chi connectivity index (χ3n) is 4.41. The summed E-state index contributed by atoms with van der Waals surface area (Å²) in [7, 11) is -3.71. The van der Waals surface area contributed by atoms with Crippen LogP contribution >= 0.6 is 0 Å². The summed E-state index contributed by atoms with van der Waals surface area (Å²) in [6.45, 7) is 1.35. The number of nitrogens with one attached hydrogen (secondary N) is 1. The number of nitrogens with zero attached hydrogens (tertiary/aromatic N) is 2. The Balaban J connectivity index is 1.87. The average Bonchev–Trinajstić information content (AvgIpc) is 2.65. The van der Waals surface area contributed by atoms with Crippen LogP contribution in [0.1, 0.15) is 12.8 Å². The molecule has 3 N–H and O–H groups in total. The van der Waals surface area contributed by atoms with Gasteiger partial charge in [-0.1, -0.05) is 18.2 Å². The Hall–Kier alpha value is -2.03. The normalized spacial score (nSPS) is 19.0. The Kier molecular flexibility index (Phi) is 5.31. The molecule has 0 saturated carbocycles. The van der Waals surface area contributed by atoms with Crippen LogP contribution in [0.3, 0.4) is 0 Å². The van der Waals surface area contributed by atoms with Crippen LogP contribution in [0.4, 0.5) is 0 Å². The van der Waals surface area contributed by atoms with Crippen LogP contribution in [0.15, 0.2) is 41.4 Å². The minimum Gasteiger partial charge on any atom is -0.355 e. The molecule has 1 unspecified atom stereocenters. The Morgan fingerprint density at radius 1 is 1.32 bits per heavy atom. The minimum absolute atomic E-state index is 0.138. The van der Waals surface area contributed by atoms with Crippen molar-refractivity contribution >= 4 is 26.8 Å². The molecule has 1 fully saturated rings. The monoisotopic (exact) mass is 362 g/mol. The van der Waals surface area contributed by atoms with Gasteiger partial charge in [-0.3, -0.25) is 9.78 Å². The van der Waals surface area contributed by atoms with Gasteiger partial charge in [-0.05, 0) is 25.0 Å². The molecule has 2 aromatic rings. The molecule has 1 aromatic heterocycles. The summed E-state index contributed by atoms with van der Waals surface area (Å²) >= 11 is 0. The summed E-state index contributed by atoms with van der Waals surface area (Å²) in [5, 5.41) is 3.52. The second kappa shape index (κ2) is 7.47. The topological polar surface area (TPSA) is 105 Å². The van der Waals surface area contributed by atoms with E-state index in [9.17, 15) is 13.2 Å². The quantitative estimate of drug-likeness (QED) is 0.815. The maximum absolute atomic E-state index is 13.1. The molecule has 0 bridgehead atoms. The molecule has 1 amide bonds. The van der Waals surface area contributed by atoms with E-state index in [-0.39, 0.29) is 23.3 Å². The maximum atomic E-state index is 13.1. The number of para-hydroxylation sites is 1. The summed E-state index contributed by atoms with van der Waals surface area (Å²) in [5.41, 5.74) is 5.86. The molecular weight excluding hydrogens is 340 g/mol. The van der Waals surface area contributed by atoms with E-state index in [1.807, 2.05) is 12.1 Å². The molecule has 1 aliphatic heterocycles. The van der Waals surface area contributed by atoms with E-state index >= 15 is 0 Å². The van der Waals surface area contributed by atoms with Crippen LogP contribution in [-0.4, -0.2) is 49.8 Å². The molecule has 1 aliphatic rings. The van der Waals surface area contributed by atoms with Crippen LogP contribution in [0, 0.1) is 5.92 Å². The van der Waals surface area contributed by atoms with Crippen molar-refractivity contribution in [1.29, 1.82) is 0 Å². The standard InChI is InChI=1S/C17H22N4O3S/c18-8-10-20-17(22)14-6-3-11-21(12-14)25(23,24)15-7-1-4-13-5-2-9-19-16(13)15/h1-2,4-5,7,9,14H,3,6,8,10-12,18H2,(H,20,22).